The Bertz CT molecular complexity index is 669. The molecule has 0 aliphatic heterocycles. The molecule has 2 rings (SSSR count). The summed E-state index contributed by atoms with van der Waals surface area (Å²) in [4.78, 5) is 11.0. The molecule has 0 saturated heterocycles. The van der Waals surface area contributed by atoms with Crippen molar-refractivity contribution in [3.05, 3.63) is 56.0 Å². The number of carbonyl (C=O) groups is 1. The van der Waals surface area contributed by atoms with Crippen LogP contribution in [0.5, 0.6) is 11.5 Å². The highest BCUT2D eigenvalue weighted by molar-refractivity contribution is 9.10. The van der Waals surface area contributed by atoms with Crippen LogP contribution in [0.4, 0.5) is 0 Å². The molecule has 0 N–H and O–H groups in total. The highest BCUT2D eigenvalue weighted by Crippen LogP contribution is 2.35. The maximum absolute atomic E-state index is 11.0. The second kappa shape index (κ2) is 7.86. The molecule has 0 unspecified atom stereocenters. The Hall–Kier alpha value is -1.23. The van der Waals surface area contributed by atoms with Crippen molar-refractivity contribution < 1.29 is 14.3 Å². The maximum Gasteiger partial charge on any atom is 0.162 e. The van der Waals surface area contributed by atoms with Crippen LogP contribution in [0.3, 0.4) is 0 Å². The van der Waals surface area contributed by atoms with Crippen molar-refractivity contribution in [2.75, 3.05) is 6.61 Å². The Morgan fingerprint density at radius 3 is 2.36 bits per heavy atom. The molecule has 6 heteroatoms. The Kier molecular flexibility index (Phi) is 6.12. The minimum atomic E-state index is 0.200. The molecule has 116 valence electrons. The summed E-state index contributed by atoms with van der Waals surface area (Å²) < 4.78 is 11.9. The van der Waals surface area contributed by atoms with Crippen molar-refractivity contribution in [3.63, 3.8) is 0 Å². The zero-order valence-corrected chi connectivity index (χ0v) is 14.8. The molecule has 0 spiro atoms. The number of rotatable bonds is 6. The molecule has 0 radical (unpaired) electrons. The molecule has 0 aliphatic carbocycles. The van der Waals surface area contributed by atoms with E-state index < -0.39 is 0 Å². The van der Waals surface area contributed by atoms with Gasteiger partial charge in [0.25, 0.3) is 0 Å². The van der Waals surface area contributed by atoms with E-state index in [0.717, 1.165) is 6.29 Å². The number of halogens is 3. The van der Waals surface area contributed by atoms with E-state index in [1.807, 2.05) is 6.92 Å². The van der Waals surface area contributed by atoms with Gasteiger partial charge in [-0.15, -0.1) is 0 Å². The zero-order chi connectivity index (χ0) is 16.1. The van der Waals surface area contributed by atoms with Crippen LogP contribution in [-0.4, -0.2) is 12.9 Å². The molecular weight excluding hydrogens is 391 g/mol. The maximum atomic E-state index is 11.0. The highest BCUT2D eigenvalue weighted by Gasteiger charge is 2.12. The third-order valence-electron chi connectivity index (χ3n) is 2.92. The first kappa shape index (κ1) is 17.1. The fraction of sp³-hybridized carbons (Fsp3) is 0.188. The third kappa shape index (κ3) is 3.94. The molecule has 0 atom stereocenters. The Morgan fingerprint density at radius 2 is 1.77 bits per heavy atom. The van der Waals surface area contributed by atoms with E-state index >= 15 is 0 Å². The predicted octanol–water partition coefficient (Wildman–Crippen LogP) is 5.55. The van der Waals surface area contributed by atoms with Gasteiger partial charge in [0.05, 0.1) is 6.61 Å². The van der Waals surface area contributed by atoms with Gasteiger partial charge in [-0.1, -0.05) is 29.3 Å². The van der Waals surface area contributed by atoms with Crippen LogP contribution >= 0.6 is 39.1 Å². The van der Waals surface area contributed by atoms with Crippen molar-refractivity contribution in [2.45, 2.75) is 13.5 Å². The molecule has 3 nitrogen and oxygen atoms in total. The number of hydrogen-bond donors (Lipinski definition) is 0. The van der Waals surface area contributed by atoms with E-state index in [0.29, 0.717) is 43.8 Å². The molecule has 22 heavy (non-hydrogen) atoms. The monoisotopic (exact) mass is 402 g/mol. The molecule has 0 aromatic heterocycles. The van der Waals surface area contributed by atoms with Crippen LogP contribution in [0, 0.1) is 0 Å². The van der Waals surface area contributed by atoms with Crippen molar-refractivity contribution in [1.82, 2.24) is 0 Å². The van der Waals surface area contributed by atoms with Crippen LogP contribution < -0.4 is 9.47 Å². The summed E-state index contributed by atoms with van der Waals surface area (Å²) in [5.74, 6) is 1.01. The zero-order valence-electron chi connectivity index (χ0n) is 11.7. The van der Waals surface area contributed by atoms with Gasteiger partial charge in [-0.2, -0.15) is 0 Å². The molecule has 2 aromatic carbocycles. The highest BCUT2D eigenvalue weighted by atomic mass is 79.9. The normalized spacial score (nSPS) is 10.4. The lowest BCUT2D eigenvalue weighted by atomic mass is 10.2. The molecule has 0 fully saturated rings. The summed E-state index contributed by atoms with van der Waals surface area (Å²) in [7, 11) is 0. The average molecular weight is 404 g/mol. The fourth-order valence-corrected chi connectivity index (χ4v) is 2.76. The number of carbonyl (C=O) groups excluding carboxylic acids is 1. The quantitative estimate of drug-likeness (QED) is 0.593. The first-order valence-corrected chi connectivity index (χ1v) is 8.09. The van der Waals surface area contributed by atoms with Gasteiger partial charge in [0.15, 0.2) is 17.8 Å². The van der Waals surface area contributed by atoms with Gasteiger partial charge < -0.3 is 9.47 Å². The van der Waals surface area contributed by atoms with E-state index in [9.17, 15) is 4.79 Å². The Labute approximate surface area is 147 Å². The number of ether oxygens (including phenoxy) is 2. The molecule has 0 aliphatic rings. The van der Waals surface area contributed by atoms with Crippen LogP contribution in [0.15, 0.2) is 34.8 Å². The summed E-state index contributed by atoms with van der Waals surface area (Å²) in [6, 6.07) is 8.60. The summed E-state index contributed by atoms with van der Waals surface area (Å²) in [6.07, 6.45) is 0.751. The van der Waals surface area contributed by atoms with E-state index in [1.54, 1.807) is 30.3 Å². The third-order valence-corrected chi connectivity index (χ3v) is 4.32. The molecular formula is C16H13BrCl2O3. The van der Waals surface area contributed by atoms with Crippen LogP contribution in [-0.2, 0) is 6.61 Å². The summed E-state index contributed by atoms with van der Waals surface area (Å²) in [6.45, 7) is 2.52. The van der Waals surface area contributed by atoms with Gasteiger partial charge in [-0.3, -0.25) is 4.79 Å². The Morgan fingerprint density at radius 1 is 1.14 bits per heavy atom. The van der Waals surface area contributed by atoms with Crippen LogP contribution in [0.25, 0.3) is 0 Å². The number of aldehydes is 1. The van der Waals surface area contributed by atoms with Gasteiger partial charge in [-0.05, 0) is 47.1 Å². The topological polar surface area (TPSA) is 35.5 Å². The minimum absolute atomic E-state index is 0.200. The molecule has 0 saturated carbocycles. The van der Waals surface area contributed by atoms with Gasteiger partial charge in [0, 0.05) is 25.6 Å². The second-order valence-electron chi connectivity index (χ2n) is 4.36. The number of benzene rings is 2. The number of hydrogen-bond acceptors (Lipinski definition) is 3. The van der Waals surface area contributed by atoms with Gasteiger partial charge >= 0.3 is 0 Å². The standard InChI is InChI=1S/C16H13BrCl2O3/c1-2-21-15-6-10(8-20)12(17)7-16(15)22-9-11-13(18)4-3-5-14(11)19/h3-8H,2,9H2,1H3. The lowest BCUT2D eigenvalue weighted by Gasteiger charge is -2.14. The first-order valence-electron chi connectivity index (χ1n) is 6.54. The molecule has 0 bridgehead atoms. The molecule has 0 amide bonds. The minimum Gasteiger partial charge on any atom is -0.490 e. The summed E-state index contributed by atoms with van der Waals surface area (Å²) >= 11 is 15.6. The van der Waals surface area contributed by atoms with E-state index in [4.69, 9.17) is 32.7 Å². The van der Waals surface area contributed by atoms with Crippen LogP contribution in [0.1, 0.15) is 22.8 Å². The van der Waals surface area contributed by atoms with Gasteiger partial charge in [0.1, 0.15) is 6.61 Å². The van der Waals surface area contributed by atoms with E-state index in [1.165, 1.54) is 0 Å². The van der Waals surface area contributed by atoms with Gasteiger partial charge in [0.2, 0.25) is 0 Å². The summed E-state index contributed by atoms with van der Waals surface area (Å²) in [5.41, 5.74) is 1.19. The average Bonchev–Trinajstić information content (AvgIpc) is 2.49. The van der Waals surface area contributed by atoms with Crippen molar-refractivity contribution >= 4 is 45.4 Å². The van der Waals surface area contributed by atoms with E-state index in [2.05, 4.69) is 15.9 Å². The Balaban J connectivity index is 2.28. The van der Waals surface area contributed by atoms with Gasteiger partial charge in [-0.25, -0.2) is 0 Å². The molecule has 2 aromatic rings. The van der Waals surface area contributed by atoms with Crippen molar-refractivity contribution in [3.8, 4) is 11.5 Å². The summed E-state index contributed by atoms with van der Waals surface area (Å²) in [5, 5.41) is 1.07. The predicted molar refractivity (Wildman–Crippen MR) is 91.5 cm³/mol. The SMILES string of the molecule is CCOc1cc(C=O)c(Br)cc1OCc1c(Cl)cccc1Cl. The largest absolute Gasteiger partial charge is 0.490 e. The fourth-order valence-electron chi connectivity index (χ4n) is 1.84. The van der Waals surface area contributed by atoms with Crippen LogP contribution in [0.2, 0.25) is 10.0 Å². The van der Waals surface area contributed by atoms with E-state index in [-0.39, 0.29) is 6.61 Å². The lowest BCUT2D eigenvalue weighted by molar-refractivity contribution is 0.112. The lowest BCUT2D eigenvalue weighted by Crippen LogP contribution is -2.02. The van der Waals surface area contributed by atoms with Crippen molar-refractivity contribution in [2.24, 2.45) is 0 Å². The second-order valence-corrected chi connectivity index (χ2v) is 6.03. The smallest absolute Gasteiger partial charge is 0.162 e. The first-order chi connectivity index (χ1) is 10.6. The van der Waals surface area contributed by atoms with Crippen molar-refractivity contribution in [1.29, 1.82) is 0 Å². The molecule has 0 heterocycles.